The van der Waals surface area contributed by atoms with E-state index in [2.05, 4.69) is 4.98 Å². The van der Waals surface area contributed by atoms with Crippen molar-refractivity contribution in [1.82, 2.24) is 9.38 Å². The summed E-state index contributed by atoms with van der Waals surface area (Å²) in [7, 11) is -3.59. The molecule has 2 aromatic heterocycles. The first-order valence-electron chi connectivity index (χ1n) is 9.18. The normalized spacial score (nSPS) is 13.6. The molecule has 7 heteroatoms. The molecule has 0 radical (unpaired) electrons. The van der Waals surface area contributed by atoms with Crippen molar-refractivity contribution < 1.29 is 17.9 Å². The van der Waals surface area contributed by atoms with Crippen LogP contribution in [-0.2, 0) is 21.2 Å². The van der Waals surface area contributed by atoms with Gasteiger partial charge in [-0.3, -0.25) is 0 Å². The predicted octanol–water partition coefficient (Wildman–Crippen LogP) is 3.89. The number of pyridine rings is 1. The number of sulfone groups is 1. The van der Waals surface area contributed by atoms with Gasteiger partial charge in [-0.15, -0.1) is 0 Å². The Morgan fingerprint density at radius 3 is 2.57 bits per heavy atom. The molecule has 0 aliphatic carbocycles. The molecule has 1 atom stereocenters. The lowest BCUT2D eigenvalue weighted by atomic mass is 10.2. The van der Waals surface area contributed by atoms with Crippen LogP contribution in [0.25, 0.3) is 5.65 Å². The third-order valence-corrected chi connectivity index (χ3v) is 6.90. The first kappa shape index (κ1) is 20.4. The zero-order valence-corrected chi connectivity index (χ0v) is 17.4. The van der Waals surface area contributed by atoms with Gasteiger partial charge in [0.15, 0.2) is 9.84 Å². The first-order chi connectivity index (χ1) is 13.2. The highest BCUT2D eigenvalue weighted by molar-refractivity contribution is 7.92. The minimum atomic E-state index is -3.59. The van der Waals surface area contributed by atoms with Crippen LogP contribution >= 0.6 is 0 Å². The molecule has 150 valence electrons. The van der Waals surface area contributed by atoms with Crippen LogP contribution in [0.4, 0.5) is 0 Å². The van der Waals surface area contributed by atoms with Gasteiger partial charge < -0.3 is 13.9 Å². The maximum absolute atomic E-state index is 13.1. The van der Waals surface area contributed by atoms with Gasteiger partial charge in [0.25, 0.3) is 0 Å². The van der Waals surface area contributed by atoms with Crippen LogP contribution < -0.4 is 4.74 Å². The van der Waals surface area contributed by atoms with E-state index in [4.69, 9.17) is 9.47 Å². The molecule has 0 fully saturated rings. The highest BCUT2D eigenvalue weighted by atomic mass is 32.2. The van der Waals surface area contributed by atoms with E-state index < -0.39 is 14.6 Å². The van der Waals surface area contributed by atoms with Gasteiger partial charge in [0, 0.05) is 24.7 Å². The van der Waals surface area contributed by atoms with Gasteiger partial charge in [-0.2, -0.15) is 0 Å². The van der Waals surface area contributed by atoms with Crippen molar-refractivity contribution in [2.75, 3.05) is 6.61 Å². The Morgan fingerprint density at radius 2 is 1.89 bits per heavy atom. The Hall–Kier alpha value is -2.38. The fourth-order valence-corrected chi connectivity index (χ4v) is 3.93. The summed E-state index contributed by atoms with van der Waals surface area (Å²) in [6.07, 6.45) is 4.69. The second-order valence-electron chi connectivity index (χ2n) is 7.73. The molecule has 3 rings (SSSR count). The number of hydrogen-bond acceptors (Lipinski definition) is 5. The van der Waals surface area contributed by atoms with Crippen LogP contribution in [0.15, 0.2) is 59.9 Å². The molecule has 6 nitrogen and oxygen atoms in total. The molecule has 0 saturated carbocycles. The van der Waals surface area contributed by atoms with Crippen molar-refractivity contribution in [3.8, 4) is 5.75 Å². The number of benzene rings is 1. The maximum atomic E-state index is 13.1. The summed E-state index contributed by atoms with van der Waals surface area (Å²) < 4.78 is 38.5. The Labute approximate surface area is 166 Å². The van der Waals surface area contributed by atoms with E-state index >= 15 is 0 Å². The lowest BCUT2D eigenvalue weighted by molar-refractivity contribution is 0.0207. The average Bonchev–Trinajstić information content (AvgIpc) is 3.11. The van der Waals surface area contributed by atoms with Crippen LogP contribution in [0, 0.1) is 0 Å². The van der Waals surface area contributed by atoms with Crippen molar-refractivity contribution in [1.29, 1.82) is 0 Å². The second-order valence-corrected chi connectivity index (χ2v) is 10.4. The molecule has 1 aromatic carbocycles. The van der Waals surface area contributed by atoms with Gasteiger partial charge >= 0.3 is 0 Å². The minimum Gasteiger partial charge on any atom is -0.489 e. The summed E-state index contributed by atoms with van der Waals surface area (Å²) in [4.78, 5) is 4.38. The second kappa shape index (κ2) is 7.93. The molecule has 2 heterocycles. The smallest absolute Gasteiger partial charge is 0.188 e. The van der Waals surface area contributed by atoms with Crippen molar-refractivity contribution in [2.45, 2.75) is 50.0 Å². The summed E-state index contributed by atoms with van der Waals surface area (Å²) in [5.41, 5.74) is 1.70. The molecular weight excluding hydrogens is 376 g/mol. The first-order valence-corrected chi connectivity index (χ1v) is 10.7. The van der Waals surface area contributed by atoms with E-state index in [0.717, 1.165) is 5.56 Å². The summed E-state index contributed by atoms with van der Waals surface area (Å²) >= 11 is 0. The minimum absolute atomic E-state index is 0.153. The summed E-state index contributed by atoms with van der Waals surface area (Å²) in [6.45, 7) is 7.63. The van der Waals surface area contributed by atoms with Crippen molar-refractivity contribution in [2.24, 2.45) is 0 Å². The molecule has 28 heavy (non-hydrogen) atoms. The van der Waals surface area contributed by atoms with Gasteiger partial charge in [0.05, 0.1) is 17.5 Å². The largest absolute Gasteiger partial charge is 0.489 e. The highest BCUT2D eigenvalue weighted by Crippen LogP contribution is 2.33. The molecule has 0 N–H and O–H groups in total. The van der Waals surface area contributed by atoms with E-state index in [1.165, 1.54) is 0 Å². The summed E-state index contributed by atoms with van der Waals surface area (Å²) in [6, 6.07) is 11.5. The number of rotatable bonds is 7. The quantitative estimate of drug-likeness (QED) is 0.600. The van der Waals surface area contributed by atoms with Gasteiger partial charge in [0.1, 0.15) is 22.9 Å². The van der Waals surface area contributed by atoms with E-state index in [-0.39, 0.29) is 17.6 Å². The van der Waals surface area contributed by atoms with Crippen LogP contribution in [0.1, 0.15) is 33.3 Å². The van der Waals surface area contributed by atoms with Crippen LogP contribution in [0.3, 0.4) is 0 Å². The van der Waals surface area contributed by atoms with E-state index in [9.17, 15) is 8.42 Å². The summed E-state index contributed by atoms with van der Waals surface area (Å²) in [5, 5.41) is 0. The summed E-state index contributed by atoms with van der Waals surface area (Å²) in [5.74, 6) is 0.295. The van der Waals surface area contributed by atoms with Crippen LogP contribution in [0.5, 0.6) is 5.75 Å². The standard InChI is InChI=1S/C21H26N2O4S/c1-16(26-15-17-8-6-5-7-9-17)14-27-18-12-20-22-10-11-23(20)13-19(18)28(24,25)21(2,3)4/h5-13,16H,14-15H2,1-4H3. The number of fused-ring (bicyclic) bond motifs is 1. The fourth-order valence-electron chi connectivity index (χ4n) is 2.64. The molecule has 0 saturated heterocycles. The predicted molar refractivity (Wildman–Crippen MR) is 108 cm³/mol. The van der Waals surface area contributed by atoms with Gasteiger partial charge in [-0.1, -0.05) is 30.3 Å². The molecule has 0 amide bonds. The van der Waals surface area contributed by atoms with Crippen molar-refractivity contribution in [3.63, 3.8) is 0 Å². The molecule has 0 aliphatic rings. The lowest BCUT2D eigenvalue weighted by Gasteiger charge is -2.22. The Morgan fingerprint density at radius 1 is 1.18 bits per heavy atom. The fraction of sp³-hybridized carbons (Fsp3) is 0.381. The number of ether oxygens (including phenoxy) is 2. The van der Waals surface area contributed by atoms with Gasteiger partial charge in [-0.05, 0) is 33.3 Å². The maximum Gasteiger partial charge on any atom is 0.188 e. The molecule has 1 unspecified atom stereocenters. The number of nitrogens with zero attached hydrogens (tertiary/aromatic N) is 2. The van der Waals surface area contributed by atoms with Crippen molar-refractivity contribution in [3.05, 3.63) is 60.6 Å². The molecule has 0 spiro atoms. The molecule has 3 aromatic rings. The highest BCUT2D eigenvalue weighted by Gasteiger charge is 2.34. The number of hydrogen-bond donors (Lipinski definition) is 0. The average molecular weight is 403 g/mol. The third kappa shape index (κ3) is 4.36. The molecule has 0 bridgehead atoms. The zero-order chi connectivity index (χ0) is 20.4. The SMILES string of the molecule is CC(COc1cc2nccn2cc1S(=O)(=O)C(C)(C)C)OCc1ccccc1. The van der Waals surface area contributed by atoms with Crippen molar-refractivity contribution >= 4 is 15.5 Å². The number of imidazole rings is 1. The Balaban J connectivity index is 1.79. The van der Waals surface area contributed by atoms with E-state index in [0.29, 0.717) is 18.0 Å². The molecule has 0 aliphatic heterocycles. The monoisotopic (exact) mass is 402 g/mol. The van der Waals surface area contributed by atoms with E-state index in [1.54, 1.807) is 49.8 Å². The molecular formula is C21H26N2O4S. The Bertz CT molecular complexity index is 1040. The van der Waals surface area contributed by atoms with Crippen LogP contribution in [-0.4, -0.2) is 35.3 Å². The number of aromatic nitrogens is 2. The third-order valence-electron chi connectivity index (χ3n) is 4.40. The van der Waals surface area contributed by atoms with Gasteiger partial charge in [-0.25, -0.2) is 13.4 Å². The van der Waals surface area contributed by atoms with Crippen LogP contribution in [0.2, 0.25) is 0 Å². The van der Waals surface area contributed by atoms with Gasteiger partial charge in [0.2, 0.25) is 0 Å². The Kier molecular flexibility index (Phi) is 5.76. The van der Waals surface area contributed by atoms with E-state index in [1.807, 2.05) is 37.3 Å². The lowest BCUT2D eigenvalue weighted by Crippen LogP contribution is -2.29. The zero-order valence-electron chi connectivity index (χ0n) is 16.6. The topological polar surface area (TPSA) is 69.9 Å².